The maximum atomic E-state index is 2.12. The van der Waals surface area contributed by atoms with Crippen LogP contribution in [-0.2, 0) is 0 Å². The molecule has 0 unspecified atom stereocenters. The van der Waals surface area contributed by atoms with E-state index in [1.165, 1.54) is 11.1 Å². The Hall–Kier alpha value is -0.1000. The molecular weight excluding hydrogens is 398 g/mol. The predicted molar refractivity (Wildman–Crippen MR) is 82.7 cm³/mol. The van der Waals surface area contributed by atoms with Gasteiger partial charge in [-0.15, -0.1) is 48.0 Å². The van der Waals surface area contributed by atoms with E-state index in [-0.39, 0.29) is 48.0 Å². The lowest BCUT2D eigenvalue weighted by molar-refractivity contribution is 1.62. The van der Waals surface area contributed by atoms with Crippen LogP contribution in [0, 0.1) is 0 Å². The van der Waals surface area contributed by atoms with Gasteiger partial charge >= 0.3 is 0 Å². The average Bonchev–Trinajstić information content (AvgIpc) is 2.21. The van der Waals surface area contributed by atoms with Crippen LogP contribution in [-0.4, -0.2) is 0 Å². The van der Waals surface area contributed by atoms with Gasteiger partial charge in [0.05, 0.1) is 0 Å². The van der Waals surface area contributed by atoms with E-state index >= 15 is 0 Å². The SMILES string of the molecule is I.I.c1ccc(-c2ccccc2)cc1. The molecule has 2 rings (SSSR count). The van der Waals surface area contributed by atoms with Crippen molar-refractivity contribution in [3.05, 3.63) is 60.7 Å². The fraction of sp³-hybridized carbons (Fsp3) is 0. The van der Waals surface area contributed by atoms with Gasteiger partial charge in [0.1, 0.15) is 0 Å². The minimum Gasteiger partial charge on any atom is -0.107 e. The zero-order valence-corrected chi connectivity index (χ0v) is 12.3. The van der Waals surface area contributed by atoms with E-state index < -0.39 is 0 Å². The maximum Gasteiger partial charge on any atom is -0.0184 e. The molecule has 0 fully saturated rings. The minimum atomic E-state index is 0. The molecule has 0 aliphatic heterocycles. The van der Waals surface area contributed by atoms with Gasteiger partial charge in [0.2, 0.25) is 0 Å². The molecule has 2 aromatic carbocycles. The standard InChI is InChI=1S/C12H10.2HI/c1-3-7-11(8-4-1)12-9-5-2-6-10-12;;/h1-10H;2*1H. The first kappa shape index (κ1) is 13.9. The van der Waals surface area contributed by atoms with Crippen molar-refractivity contribution in [2.45, 2.75) is 0 Å². The summed E-state index contributed by atoms with van der Waals surface area (Å²) in [6.07, 6.45) is 0. The summed E-state index contributed by atoms with van der Waals surface area (Å²) < 4.78 is 0. The van der Waals surface area contributed by atoms with Gasteiger partial charge in [0.25, 0.3) is 0 Å². The molecule has 0 spiro atoms. The first-order valence-corrected chi connectivity index (χ1v) is 4.07. The molecule has 0 bridgehead atoms. The van der Waals surface area contributed by atoms with Gasteiger partial charge in [-0.25, -0.2) is 0 Å². The highest BCUT2D eigenvalue weighted by Crippen LogP contribution is 2.17. The molecule has 0 N–H and O–H groups in total. The maximum absolute atomic E-state index is 2.12. The number of benzene rings is 2. The molecule has 0 nitrogen and oxygen atoms in total. The third-order valence-corrected chi connectivity index (χ3v) is 1.88. The van der Waals surface area contributed by atoms with Crippen LogP contribution in [0.2, 0.25) is 0 Å². The average molecular weight is 410 g/mol. The summed E-state index contributed by atoms with van der Waals surface area (Å²) in [4.78, 5) is 0. The van der Waals surface area contributed by atoms with Crippen molar-refractivity contribution >= 4 is 48.0 Å². The topological polar surface area (TPSA) is 0 Å². The van der Waals surface area contributed by atoms with E-state index in [0.29, 0.717) is 0 Å². The molecule has 14 heavy (non-hydrogen) atoms. The number of halogens is 2. The van der Waals surface area contributed by atoms with Crippen molar-refractivity contribution in [2.75, 3.05) is 0 Å². The Kier molecular flexibility index (Phi) is 7.17. The van der Waals surface area contributed by atoms with Crippen LogP contribution in [0.3, 0.4) is 0 Å². The van der Waals surface area contributed by atoms with E-state index in [0.717, 1.165) is 0 Å². The molecule has 0 radical (unpaired) electrons. The van der Waals surface area contributed by atoms with Crippen molar-refractivity contribution in [3.63, 3.8) is 0 Å². The molecule has 2 heteroatoms. The molecule has 0 aliphatic carbocycles. The molecule has 0 saturated heterocycles. The Morgan fingerprint density at radius 1 is 0.429 bits per heavy atom. The molecule has 0 atom stereocenters. The van der Waals surface area contributed by atoms with E-state index in [4.69, 9.17) is 0 Å². The van der Waals surface area contributed by atoms with Gasteiger partial charge in [0.15, 0.2) is 0 Å². The van der Waals surface area contributed by atoms with Crippen LogP contribution in [0.5, 0.6) is 0 Å². The summed E-state index contributed by atoms with van der Waals surface area (Å²) in [6, 6.07) is 20.8. The lowest BCUT2D eigenvalue weighted by atomic mass is 10.1. The zero-order chi connectivity index (χ0) is 8.23. The Bertz CT molecular complexity index is 306. The van der Waals surface area contributed by atoms with Gasteiger partial charge in [-0.1, -0.05) is 60.7 Å². The van der Waals surface area contributed by atoms with Crippen LogP contribution in [0.1, 0.15) is 0 Å². The minimum absolute atomic E-state index is 0. The molecule has 0 amide bonds. The van der Waals surface area contributed by atoms with E-state index in [1.807, 2.05) is 12.1 Å². The Morgan fingerprint density at radius 3 is 1.00 bits per heavy atom. The van der Waals surface area contributed by atoms with Gasteiger partial charge < -0.3 is 0 Å². The van der Waals surface area contributed by atoms with Crippen LogP contribution in [0.4, 0.5) is 0 Å². The van der Waals surface area contributed by atoms with Gasteiger partial charge in [0, 0.05) is 0 Å². The largest absolute Gasteiger partial charge is 0.107 e. The smallest absolute Gasteiger partial charge is 0.0184 e. The molecule has 74 valence electrons. The van der Waals surface area contributed by atoms with Crippen LogP contribution in [0.15, 0.2) is 60.7 Å². The molecule has 0 aromatic heterocycles. The summed E-state index contributed by atoms with van der Waals surface area (Å²) in [6.45, 7) is 0. The first-order valence-electron chi connectivity index (χ1n) is 4.07. The number of hydrogen-bond acceptors (Lipinski definition) is 0. The van der Waals surface area contributed by atoms with E-state index in [1.54, 1.807) is 0 Å². The van der Waals surface area contributed by atoms with Gasteiger partial charge in [-0.05, 0) is 11.1 Å². The van der Waals surface area contributed by atoms with Crippen LogP contribution < -0.4 is 0 Å². The fourth-order valence-corrected chi connectivity index (χ4v) is 1.26. The quantitative estimate of drug-likeness (QED) is 0.604. The Labute approximate surface area is 119 Å². The van der Waals surface area contributed by atoms with E-state index in [9.17, 15) is 0 Å². The fourth-order valence-electron chi connectivity index (χ4n) is 1.26. The zero-order valence-electron chi connectivity index (χ0n) is 7.59. The van der Waals surface area contributed by atoms with E-state index in [2.05, 4.69) is 48.5 Å². The second-order valence-electron chi connectivity index (χ2n) is 2.73. The monoisotopic (exact) mass is 410 g/mol. The third-order valence-electron chi connectivity index (χ3n) is 1.88. The highest BCUT2D eigenvalue weighted by Gasteiger charge is 1.91. The predicted octanol–water partition coefficient (Wildman–Crippen LogP) is 4.59. The number of hydrogen-bond donors (Lipinski definition) is 0. The highest BCUT2D eigenvalue weighted by molar-refractivity contribution is 14.0. The van der Waals surface area contributed by atoms with Crippen molar-refractivity contribution in [1.29, 1.82) is 0 Å². The Morgan fingerprint density at radius 2 is 0.714 bits per heavy atom. The Balaban J connectivity index is 0.000000845. The summed E-state index contributed by atoms with van der Waals surface area (Å²) in [5.74, 6) is 0. The normalized spacial score (nSPS) is 8.29. The lowest BCUT2D eigenvalue weighted by Crippen LogP contribution is -1.73. The highest BCUT2D eigenvalue weighted by atomic mass is 127. The molecular formula is C12H12I2. The lowest BCUT2D eigenvalue weighted by Gasteiger charge is -1.98. The van der Waals surface area contributed by atoms with Crippen LogP contribution in [0.25, 0.3) is 11.1 Å². The first-order chi connectivity index (χ1) is 5.97. The summed E-state index contributed by atoms with van der Waals surface area (Å²) >= 11 is 0. The molecule has 0 saturated carbocycles. The van der Waals surface area contributed by atoms with Crippen LogP contribution >= 0.6 is 48.0 Å². The van der Waals surface area contributed by atoms with Gasteiger partial charge in [-0.3, -0.25) is 0 Å². The molecule has 0 aliphatic rings. The van der Waals surface area contributed by atoms with Crippen molar-refractivity contribution in [1.82, 2.24) is 0 Å². The second-order valence-corrected chi connectivity index (χ2v) is 2.73. The van der Waals surface area contributed by atoms with Crippen molar-refractivity contribution < 1.29 is 0 Å². The second kappa shape index (κ2) is 7.23. The van der Waals surface area contributed by atoms with Crippen molar-refractivity contribution in [3.8, 4) is 11.1 Å². The summed E-state index contributed by atoms with van der Waals surface area (Å²) in [5.41, 5.74) is 2.55. The number of rotatable bonds is 1. The van der Waals surface area contributed by atoms with Gasteiger partial charge in [-0.2, -0.15) is 0 Å². The van der Waals surface area contributed by atoms with Crippen molar-refractivity contribution in [2.24, 2.45) is 0 Å². The third kappa shape index (κ3) is 3.57. The molecule has 0 heterocycles. The summed E-state index contributed by atoms with van der Waals surface area (Å²) in [7, 11) is 0. The summed E-state index contributed by atoms with van der Waals surface area (Å²) in [5, 5.41) is 0. The molecule has 2 aromatic rings.